The van der Waals surface area contributed by atoms with Gasteiger partial charge in [0.05, 0.1) is 12.7 Å². The van der Waals surface area contributed by atoms with E-state index in [4.69, 9.17) is 4.74 Å². The van der Waals surface area contributed by atoms with Crippen molar-refractivity contribution in [3.63, 3.8) is 0 Å². The Bertz CT molecular complexity index is 1680. The zero-order chi connectivity index (χ0) is 26.6. The number of nitrogens with one attached hydrogen (secondary N) is 3. The first-order valence-electron chi connectivity index (χ1n) is 12.5. The van der Waals surface area contributed by atoms with E-state index in [0.29, 0.717) is 24.3 Å². The van der Waals surface area contributed by atoms with Crippen LogP contribution >= 0.6 is 0 Å². The second-order valence-electron chi connectivity index (χ2n) is 9.29. The summed E-state index contributed by atoms with van der Waals surface area (Å²) in [7, 11) is 3.47. The van der Waals surface area contributed by atoms with Gasteiger partial charge in [-0.3, -0.25) is 9.59 Å². The van der Waals surface area contributed by atoms with E-state index in [0.717, 1.165) is 32.9 Å². The second-order valence-corrected chi connectivity index (χ2v) is 9.29. The number of rotatable bonds is 8. The maximum Gasteiger partial charge on any atom is 0.267 e. The lowest BCUT2D eigenvalue weighted by Crippen LogP contribution is -2.35. The third kappa shape index (κ3) is 5.04. The summed E-state index contributed by atoms with van der Waals surface area (Å²) in [4.78, 5) is 29.9. The summed E-state index contributed by atoms with van der Waals surface area (Å²) in [6.07, 6.45) is 6.30. The van der Waals surface area contributed by atoms with Gasteiger partial charge >= 0.3 is 0 Å². The number of aromatic nitrogens is 2. The average Bonchev–Trinajstić information content (AvgIpc) is 3.48. The molecule has 3 N–H and O–H groups in total. The fourth-order valence-electron chi connectivity index (χ4n) is 4.73. The molecule has 0 spiro atoms. The van der Waals surface area contributed by atoms with E-state index in [2.05, 4.69) is 40.7 Å². The van der Waals surface area contributed by atoms with Crippen LogP contribution in [0.2, 0.25) is 0 Å². The number of ether oxygens (including phenoxy) is 1. The molecule has 2 aromatic heterocycles. The van der Waals surface area contributed by atoms with Gasteiger partial charge < -0.3 is 24.9 Å². The highest BCUT2D eigenvalue weighted by atomic mass is 16.5. The highest BCUT2D eigenvalue weighted by Gasteiger charge is 2.18. The predicted molar refractivity (Wildman–Crippen MR) is 151 cm³/mol. The number of para-hydroxylation sites is 2. The fraction of sp³-hybridized carbons (Fsp3) is 0.161. The molecule has 0 aliphatic carbocycles. The van der Waals surface area contributed by atoms with Gasteiger partial charge in [-0.1, -0.05) is 42.0 Å². The van der Waals surface area contributed by atoms with Gasteiger partial charge in [0, 0.05) is 53.4 Å². The van der Waals surface area contributed by atoms with E-state index in [1.165, 1.54) is 12.7 Å². The van der Waals surface area contributed by atoms with Crippen LogP contribution in [-0.2, 0) is 18.3 Å². The van der Waals surface area contributed by atoms with Gasteiger partial charge in [0.2, 0.25) is 0 Å². The lowest BCUT2D eigenvalue weighted by Gasteiger charge is -2.13. The topological polar surface area (TPSA) is 88.2 Å². The zero-order valence-corrected chi connectivity index (χ0v) is 21.7. The van der Waals surface area contributed by atoms with E-state index < -0.39 is 5.91 Å². The lowest BCUT2D eigenvalue weighted by atomic mass is 10.1. The molecule has 0 saturated heterocycles. The molecule has 0 unspecified atom stereocenters. The first-order valence-corrected chi connectivity index (χ1v) is 12.5. The Kier molecular flexibility index (Phi) is 7.00. The molecule has 5 aromatic rings. The number of hydrogen-bond donors (Lipinski definition) is 3. The molecule has 5 rings (SSSR count). The van der Waals surface area contributed by atoms with Gasteiger partial charge in [0.1, 0.15) is 11.4 Å². The number of H-pyrrole nitrogens is 1. The van der Waals surface area contributed by atoms with Crippen molar-refractivity contribution in [3.8, 4) is 5.75 Å². The van der Waals surface area contributed by atoms with Crippen molar-refractivity contribution in [1.82, 2.24) is 20.2 Å². The Morgan fingerprint density at radius 2 is 1.82 bits per heavy atom. The van der Waals surface area contributed by atoms with Crippen LogP contribution in [0.4, 0.5) is 0 Å². The Morgan fingerprint density at radius 1 is 1.03 bits per heavy atom. The summed E-state index contributed by atoms with van der Waals surface area (Å²) in [6.45, 7) is 2.48. The summed E-state index contributed by atoms with van der Waals surface area (Å²) >= 11 is 0. The smallest absolute Gasteiger partial charge is 0.267 e. The number of amides is 2. The number of nitrogens with zero attached hydrogens (tertiary/aromatic N) is 1. The van der Waals surface area contributed by atoms with E-state index in [-0.39, 0.29) is 11.6 Å². The summed E-state index contributed by atoms with van der Waals surface area (Å²) in [5, 5.41) is 7.95. The number of hydrogen-bond acceptors (Lipinski definition) is 3. The molecule has 0 saturated carbocycles. The van der Waals surface area contributed by atoms with Crippen LogP contribution in [0.25, 0.3) is 27.9 Å². The minimum atomic E-state index is -0.420. The highest BCUT2D eigenvalue weighted by molar-refractivity contribution is 6.07. The molecule has 2 amide bonds. The summed E-state index contributed by atoms with van der Waals surface area (Å²) in [6, 6.07) is 21.1. The Morgan fingerprint density at radius 3 is 2.66 bits per heavy atom. The number of methoxy groups -OCH3 is 1. The molecule has 2 heterocycles. The van der Waals surface area contributed by atoms with E-state index in [1.54, 1.807) is 30.3 Å². The van der Waals surface area contributed by atoms with Crippen LogP contribution in [0.5, 0.6) is 5.75 Å². The van der Waals surface area contributed by atoms with Gasteiger partial charge in [0.25, 0.3) is 11.8 Å². The summed E-state index contributed by atoms with van der Waals surface area (Å²) < 4.78 is 7.35. The van der Waals surface area contributed by atoms with Crippen LogP contribution < -0.4 is 15.4 Å². The lowest BCUT2D eigenvalue weighted by molar-refractivity contribution is -0.117. The van der Waals surface area contributed by atoms with Gasteiger partial charge in [-0.2, -0.15) is 0 Å². The predicted octanol–water partition coefficient (Wildman–Crippen LogP) is 5.11. The number of carbonyl (C=O) groups excluding carboxylic acids is 2. The molecule has 0 aliphatic heterocycles. The SMILES string of the molecule is COc1ccccc1C(=O)NC(=Cc1cn(C)c2ccccc12)C(=O)NCCc1c[nH]c2ccc(C)cc12. The van der Waals surface area contributed by atoms with Gasteiger partial charge in [0.15, 0.2) is 0 Å². The maximum absolute atomic E-state index is 13.4. The minimum Gasteiger partial charge on any atom is -0.496 e. The minimum absolute atomic E-state index is 0.159. The molecular formula is C31H30N4O3. The molecule has 3 aromatic carbocycles. The normalized spacial score (nSPS) is 11.6. The van der Waals surface area contributed by atoms with Crippen LogP contribution in [0.3, 0.4) is 0 Å². The van der Waals surface area contributed by atoms with Crippen LogP contribution in [0.1, 0.15) is 27.0 Å². The average molecular weight is 507 g/mol. The molecule has 7 nitrogen and oxygen atoms in total. The summed E-state index contributed by atoms with van der Waals surface area (Å²) in [5.41, 5.74) is 5.75. The van der Waals surface area contributed by atoms with Gasteiger partial charge in [-0.25, -0.2) is 0 Å². The molecule has 0 bridgehead atoms. The number of carbonyl (C=O) groups is 2. The maximum atomic E-state index is 13.4. The number of fused-ring (bicyclic) bond motifs is 2. The zero-order valence-electron chi connectivity index (χ0n) is 21.7. The van der Waals surface area contributed by atoms with E-state index in [1.807, 2.05) is 48.3 Å². The molecule has 0 radical (unpaired) electrons. The molecule has 0 aliphatic rings. The molecule has 0 fully saturated rings. The van der Waals surface area contributed by atoms with Crippen molar-refractivity contribution in [2.24, 2.45) is 7.05 Å². The number of aryl methyl sites for hydroxylation is 2. The van der Waals surface area contributed by atoms with Gasteiger partial charge in [-0.05, 0) is 55.3 Å². The Hall–Kier alpha value is -4.78. The van der Waals surface area contributed by atoms with Crippen molar-refractivity contribution >= 4 is 39.7 Å². The van der Waals surface area contributed by atoms with Gasteiger partial charge in [-0.15, -0.1) is 0 Å². The molecule has 7 heteroatoms. The van der Waals surface area contributed by atoms with Crippen molar-refractivity contribution < 1.29 is 14.3 Å². The van der Waals surface area contributed by atoms with Crippen molar-refractivity contribution in [2.45, 2.75) is 13.3 Å². The Labute approximate surface area is 221 Å². The monoisotopic (exact) mass is 506 g/mol. The molecular weight excluding hydrogens is 476 g/mol. The summed E-state index contributed by atoms with van der Waals surface area (Å²) in [5.74, 6) is -0.349. The largest absolute Gasteiger partial charge is 0.496 e. The second kappa shape index (κ2) is 10.7. The van der Waals surface area contributed by atoms with Crippen molar-refractivity contribution in [2.75, 3.05) is 13.7 Å². The van der Waals surface area contributed by atoms with E-state index in [9.17, 15) is 9.59 Å². The van der Waals surface area contributed by atoms with Crippen LogP contribution in [0, 0.1) is 6.92 Å². The Balaban J connectivity index is 1.41. The first kappa shape index (κ1) is 24.9. The van der Waals surface area contributed by atoms with Crippen molar-refractivity contribution in [3.05, 3.63) is 107 Å². The van der Waals surface area contributed by atoms with Crippen LogP contribution in [-0.4, -0.2) is 35.0 Å². The fourth-order valence-corrected chi connectivity index (χ4v) is 4.73. The van der Waals surface area contributed by atoms with Crippen LogP contribution in [0.15, 0.2) is 84.8 Å². The molecule has 0 atom stereocenters. The number of benzene rings is 3. The third-order valence-electron chi connectivity index (χ3n) is 6.67. The standard InChI is InChI=1S/C31H30N4O3/c1-20-12-13-26-25(16-20)21(18-33-26)14-15-32-31(37)27(34-30(36)24-9-5-7-11-29(24)38-3)17-22-19-35(2)28-10-6-4-8-23(22)28/h4-13,16-19,33H,14-15H2,1-3H3,(H,32,37)(H,34,36). The van der Waals surface area contributed by atoms with Crippen molar-refractivity contribution in [1.29, 1.82) is 0 Å². The highest BCUT2D eigenvalue weighted by Crippen LogP contribution is 2.24. The number of aromatic amines is 1. The third-order valence-corrected chi connectivity index (χ3v) is 6.67. The molecule has 192 valence electrons. The first-order chi connectivity index (χ1) is 18.4. The van der Waals surface area contributed by atoms with E-state index >= 15 is 0 Å². The molecule has 38 heavy (non-hydrogen) atoms. The quantitative estimate of drug-likeness (QED) is 0.256.